The molecule has 0 spiro atoms. The van der Waals surface area contributed by atoms with Crippen LogP contribution in [-0.4, -0.2) is 38.2 Å². The number of imide groups is 1. The van der Waals surface area contributed by atoms with E-state index in [1.54, 1.807) is 24.3 Å². The van der Waals surface area contributed by atoms with Crippen molar-refractivity contribution in [1.82, 2.24) is 10.3 Å². The number of piperidine rings is 1. The third kappa shape index (κ3) is 3.36. The first-order valence-electron chi connectivity index (χ1n) is 8.78. The summed E-state index contributed by atoms with van der Waals surface area (Å²) >= 11 is 6.41. The summed E-state index contributed by atoms with van der Waals surface area (Å²) in [5.41, 5.74) is 2.43. The van der Waals surface area contributed by atoms with E-state index in [1.165, 1.54) is 22.9 Å². The Morgan fingerprint density at radius 1 is 1.41 bits per heavy atom. The van der Waals surface area contributed by atoms with E-state index in [1.807, 2.05) is 20.8 Å². The van der Waals surface area contributed by atoms with Gasteiger partial charge < -0.3 is 5.11 Å². The second-order valence-corrected chi connectivity index (χ2v) is 9.33. The molecule has 0 radical (unpaired) electrons. The maximum atomic E-state index is 13.0. The summed E-state index contributed by atoms with van der Waals surface area (Å²) in [7, 11) is 0. The standard InChI is InChI=1S/C19H23N3O3S2/c1-18(2)13-8-9-19(18,3)16(25)22(15(13)24)11-27-17(26)21-20-10-12-6-4-5-7-14(12)23/h4-7,10,13,23H,8-9,11H2,1-3H3,(H,21,26)/b20-10-. The molecule has 0 aromatic heterocycles. The van der Waals surface area contributed by atoms with Gasteiger partial charge in [-0.1, -0.05) is 56.9 Å². The number of para-hydroxylation sites is 1. The van der Waals surface area contributed by atoms with Crippen LogP contribution in [0.25, 0.3) is 0 Å². The minimum absolute atomic E-state index is 0.104. The number of hydrogen-bond acceptors (Lipinski definition) is 6. The normalized spacial score (nSPS) is 26.6. The lowest BCUT2D eigenvalue weighted by Gasteiger charge is -2.47. The first-order chi connectivity index (χ1) is 12.7. The van der Waals surface area contributed by atoms with Crippen LogP contribution in [0.2, 0.25) is 0 Å². The number of fused-ring (bicyclic) bond motifs is 2. The minimum Gasteiger partial charge on any atom is -0.507 e. The number of carbonyl (C=O) groups excluding carboxylic acids is 2. The van der Waals surface area contributed by atoms with Crippen LogP contribution < -0.4 is 5.43 Å². The van der Waals surface area contributed by atoms with Gasteiger partial charge in [0.05, 0.1) is 17.5 Å². The number of nitrogens with one attached hydrogen (secondary N) is 1. The number of nitrogens with zero attached hydrogens (tertiary/aromatic N) is 2. The molecule has 2 N–H and O–H groups in total. The fourth-order valence-corrected chi connectivity index (χ4v) is 4.75. The fourth-order valence-electron chi connectivity index (χ4n) is 3.93. The van der Waals surface area contributed by atoms with E-state index in [9.17, 15) is 14.7 Å². The molecule has 1 aliphatic heterocycles. The van der Waals surface area contributed by atoms with Crippen LogP contribution in [0.4, 0.5) is 0 Å². The van der Waals surface area contributed by atoms with Gasteiger partial charge in [0.25, 0.3) is 0 Å². The second-order valence-electron chi connectivity index (χ2n) is 7.71. The zero-order valence-corrected chi connectivity index (χ0v) is 17.2. The van der Waals surface area contributed by atoms with Crippen LogP contribution in [0.3, 0.4) is 0 Å². The molecule has 1 aromatic rings. The van der Waals surface area contributed by atoms with Crippen LogP contribution in [0.5, 0.6) is 5.75 Å². The van der Waals surface area contributed by atoms with Crippen molar-refractivity contribution >= 4 is 46.3 Å². The molecular weight excluding hydrogens is 382 g/mol. The van der Waals surface area contributed by atoms with Gasteiger partial charge in [-0.2, -0.15) is 5.10 Å². The average Bonchev–Trinajstić information content (AvgIpc) is 2.80. The zero-order valence-electron chi connectivity index (χ0n) is 15.6. The molecule has 2 fully saturated rings. The Kier molecular flexibility index (Phi) is 5.31. The Hall–Kier alpha value is -1.93. The number of rotatable bonds is 4. The smallest absolute Gasteiger partial charge is 0.236 e. The van der Waals surface area contributed by atoms with Crippen molar-refractivity contribution in [2.75, 3.05) is 5.88 Å². The van der Waals surface area contributed by atoms with Crippen molar-refractivity contribution < 1.29 is 14.7 Å². The Bertz CT molecular complexity index is 824. The fraction of sp³-hybridized carbons (Fsp3) is 0.474. The van der Waals surface area contributed by atoms with E-state index in [0.29, 0.717) is 9.88 Å². The van der Waals surface area contributed by atoms with Gasteiger partial charge in [-0.25, -0.2) is 0 Å². The van der Waals surface area contributed by atoms with Crippen molar-refractivity contribution in [3.8, 4) is 5.75 Å². The predicted molar refractivity (Wildman–Crippen MR) is 110 cm³/mol. The van der Waals surface area contributed by atoms with Crippen molar-refractivity contribution in [2.24, 2.45) is 21.8 Å². The van der Waals surface area contributed by atoms with Crippen LogP contribution in [0, 0.1) is 16.7 Å². The molecule has 2 atom stereocenters. The lowest BCUT2D eigenvalue weighted by molar-refractivity contribution is -0.166. The molecule has 6 nitrogen and oxygen atoms in total. The number of carbonyl (C=O) groups is 2. The van der Waals surface area contributed by atoms with Crippen molar-refractivity contribution in [1.29, 1.82) is 0 Å². The SMILES string of the molecule is CC12CCC(C(=O)N(CSC(=S)N/N=C\c3ccccc3O)C1=O)C2(C)C. The predicted octanol–water partition coefficient (Wildman–Crippen LogP) is 3.10. The quantitative estimate of drug-likeness (QED) is 0.347. The molecule has 2 bridgehead atoms. The summed E-state index contributed by atoms with van der Waals surface area (Å²) in [6.45, 7) is 6.00. The van der Waals surface area contributed by atoms with Crippen molar-refractivity contribution in [3.63, 3.8) is 0 Å². The maximum absolute atomic E-state index is 13.0. The van der Waals surface area contributed by atoms with Crippen molar-refractivity contribution in [3.05, 3.63) is 29.8 Å². The first kappa shape index (κ1) is 19.8. The van der Waals surface area contributed by atoms with E-state index in [2.05, 4.69) is 10.5 Å². The van der Waals surface area contributed by atoms with Gasteiger partial charge >= 0.3 is 0 Å². The highest BCUT2D eigenvalue weighted by atomic mass is 32.2. The molecule has 144 valence electrons. The number of hydrogen-bond donors (Lipinski definition) is 2. The number of hydrazone groups is 1. The van der Waals surface area contributed by atoms with E-state index in [4.69, 9.17) is 12.2 Å². The third-order valence-corrected chi connectivity index (χ3v) is 7.31. The highest BCUT2D eigenvalue weighted by molar-refractivity contribution is 8.22. The van der Waals surface area contributed by atoms with Crippen LogP contribution in [0.15, 0.2) is 29.4 Å². The summed E-state index contributed by atoms with van der Waals surface area (Å²) in [5.74, 6) is -0.0382. The summed E-state index contributed by atoms with van der Waals surface area (Å²) < 4.78 is 0.351. The monoisotopic (exact) mass is 405 g/mol. The molecule has 1 saturated carbocycles. The number of thiocarbonyl (C=S) groups is 1. The number of amides is 2. The summed E-state index contributed by atoms with van der Waals surface area (Å²) in [4.78, 5) is 27.1. The molecule has 1 aliphatic carbocycles. The van der Waals surface area contributed by atoms with Crippen LogP contribution in [-0.2, 0) is 9.59 Å². The van der Waals surface area contributed by atoms with Crippen LogP contribution in [0.1, 0.15) is 39.2 Å². The lowest BCUT2D eigenvalue weighted by atomic mass is 9.62. The van der Waals surface area contributed by atoms with Gasteiger partial charge in [0.15, 0.2) is 4.32 Å². The van der Waals surface area contributed by atoms with E-state index >= 15 is 0 Å². The summed E-state index contributed by atoms with van der Waals surface area (Å²) in [6, 6.07) is 6.80. The average molecular weight is 406 g/mol. The number of benzene rings is 1. The van der Waals surface area contributed by atoms with Crippen LogP contribution >= 0.6 is 24.0 Å². The Labute approximate surface area is 168 Å². The number of aromatic hydroxyl groups is 1. The number of likely N-dealkylation sites (tertiary alicyclic amines) is 1. The molecule has 2 aliphatic rings. The molecule has 1 heterocycles. The third-order valence-electron chi connectivity index (χ3n) is 6.13. The van der Waals surface area contributed by atoms with E-state index in [-0.39, 0.29) is 34.8 Å². The van der Waals surface area contributed by atoms with Gasteiger partial charge in [0.2, 0.25) is 11.8 Å². The summed E-state index contributed by atoms with van der Waals surface area (Å²) in [6.07, 6.45) is 2.95. The topological polar surface area (TPSA) is 82.0 Å². The van der Waals surface area contributed by atoms with Gasteiger partial charge in [0, 0.05) is 11.5 Å². The molecule has 3 rings (SSSR count). The van der Waals surface area contributed by atoms with Gasteiger partial charge in [-0.15, -0.1) is 0 Å². The highest BCUT2D eigenvalue weighted by Crippen LogP contribution is 2.60. The van der Waals surface area contributed by atoms with Gasteiger partial charge in [-0.05, 0) is 30.4 Å². The van der Waals surface area contributed by atoms with E-state index in [0.717, 1.165) is 12.8 Å². The zero-order chi connectivity index (χ0) is 19.8. The highest BCUT2D eigenvalue weighted by Gasteiger charge is 2.64. The maximum Gasteiger partial charge on any atom is 0.236 e. The van der Waals surface area contributed by atoms with Gasteiger partial charge in [-0.3, -0.25) is 19.9 Å². The lowest BCUT2D eigenvalue weighted by Crippen LogP contribution is -2.58. The van der Waals surface area contributed by atoms with Crippen molar-refractivity contribution in [2.45, 2.75) is 33.6 Å². The molecule has 1 saturated heterocycles. The molecule has 8 heteroatoms. The molecule has 2 unspecified atom stereocenters. The molecular formula is C19H23N3O3S2. The number of phenols is 1. The second kappa shape index (κ2) is 7.24. The summed E-state index contributed by atoms with van der Waals surface area (Å²) in [5, 5.41) is 13.7. The Morgan fingerprint density at radius 2 is 2.11 bits per heavy atom. The molecule has 1 aromatic carbocycles. The van der Waals surface area contributed by atoms with Gasteiger partial charge in [0.1, 0.15) is 5.75 Å². The molecule has 27 heavy (non-hydrogen) atoms. The molecule has 2 amide bonds. The number of thioether (sulfide) groups is 1. The first-order valence-corrected chi connectivity index (χ1v) is 10.2. The van der Waals surface area contributed by atoms with E-state index < -0.39 is 5.41 Å². The number of phenolic OH excluding ortho intramolecular Hbond substituents is 1. The minimum atomic E-state index is -0.510. The largest absolute Gasteiger partial charge is 0.507 e. The Balaban J connectivity index is 1.59. The Morgan fingerprint density at radius 3 is 2.81 bits per heavy atom.